The van der Waals surface area contributed by atoms with Crippen LogP contribution in [0.15, 0.2) is 16.6 Å². The average molecular weight is 344 g/mol. The fourth-order valence-corrected chi connectivity index (χ4v) is 2.54. The molecule has 1 aromatic carbocycles. The van der Waals surface area contributed by atoms with E-state index in [0.29, 0.717) is 5.56 Å². The summed E-state index contributed by atoms with van der Waals surface area (Å²) >= 11 is 3.38. The first-order valence-electron chi connectivity index (χ1n) is 6.90. The molecule has 0 heterocycles. The number of nitro groups is 1. The van der Waals surface area contributed by atoms with Crippen molar-refractivity contribution in [3.05, 3.63) is 32.3 Å². The first-order valence-corrected chi connectivity index (χ1v) is 7.69. The summed E-state index contributed by atoms with van der Waals surface area (Å²) in [6, 6.07) is 3.38. The molecular weight excluding hydrogens is 322 g/mol. The molecule has 1 rings (SSSR count). The summed E-state index contributed by atoms with van der Waals surface area (Å²) in [4.78, 5) is 12.9. The Balaban J connectivity index is 2.57. The van der Waals surface area contributed by atoms with Gasteiger partial charge in [-0.3, -0.25) is 10.1 Å². The van der Waals surface area contributed by atoms with Gasteiger partial charge in [0.05, 0.1) is 4.92 Å². The number of nitrogens with one attached hydrogen (secondary N) is 1. The Labute approximate surface area is 128 Å². The maximum absolute atomic E-state index is 10.8. The van der Waals surface area contributed by atoms with E-state index in [1.807, 2.05) is 6.07 Å². The van der Waals surface area contributed by atoms with Crippen LogP contribution < -0.4 is 5.32 Å². The molecule has 0 saturated carbocycles. The second kappa shape index (κ2) is 8.21. The standard InChI is InChI=1S/C14H22BrN3O2/c1-4-17(5-2)8-6-7-16-13-9-11(3)14(18(19)20)10-12(13)15/h9-10,16H,4-8H2,1-3H3. The van der Waals surface area contributed by atoms with Crippen molar-refractivity contribution >= 4 is 27.3 Å². The highest BCUT2D eigenvalue weighted by Crippen LogP contribution is 2.30. The van der Waals surface area contributed by atoms with Gasteiger partial charge in [0.1, 0.15) is 0 Å². The number of benzene rings is 1. The van der Waals surface area contributed by atoms with Crippen LogP contribution in [0.25, 0.3) is 0 Å². The number of nitro benzene ring substituents is 1. The summed E-state index contributed by atoms with van der Waals surface area (Å²) < 4.78 is 0.734. The Morgan fingerprint density at radius 2 is 2.00 bits per heavy atom. The highest BCUT2D eigenvalue weighted by molar-refractivity contribution is 9.10. The molecule has 0 aliphatic heterocycles. The molecule has 0 aliphatic rings. The van der Waals surface area contributed by atoms with Crippen LogP contribution in [0, 0.1) is 17.0 Å². The molecule has 1 aromatic rings. The van der Waals surface area contributed by atoms with Crippen molar-refractivity contribution < 1.29 is 4.92 Å². The van der Waals surface area contributed by atoms with Crippen LogP contribution in [-0.2, 0) is 0 Å². The van der Waals surface area contributed by atoms with E-state index in [-0.39, 0.29) is 10.6 Å². The van der Waals surface area contributed by atoms with Gasteiger partial charge in [-0.15, -0.1) is 0 Å². The lowest BCUT2D eigenvalue weighted by Crippen LogP contribution is -2.25. The number of aryl methyl sites for hydroxylation is 1. The smallest absolute Gasteiger partial charge is 0.273 e. The molecule has 5 nitrogen and oxygen atoms in total. The minimum Gasteiger partial charge on any atom is -0.384 e. The number of rotatable bonds is 8. The third kappa shape index (κ3) is 4.76. The van der Waals surface area contributed by atoms with Crippen LogP contribution in [-0.4, -0.2) is 36.0 Å². The van der Waals surface area contributed by atoms with Gasteiger partial charge < -0.3 is 10.2 Å². The first kappa shape index (κ1) is 16.9. The number of hydrogen-bond acceptors (Lipinski definition) is 4. The van der Waals surface area contributed by atoms with Gasteiger partial charge in [0, 0.05) is 28.3 Å². The van der Waals surface area contributed by atoms with E-state index < -0.39 is 0 Å². The van der Waals surface area contributed by atoms with Gasteiger partial charge in [0.15, 0.2) is 0 Å². The summed E-state index contributed by atoms with van der Waals surface area (Å²) in [6.07, 6.45) is 1.05. The largest absolute Gasteiger partial charge is 0.384 e. The zero-order valence-corrected chi connectivity index (χ0v) is 13.9. The van der Waals surface area contributed by atoms with Gasteiger partial charge in [-0.05, 0) is 55.0 Å². The Morgan fingerprint density at radius 1 is 1.35 bits per heavy atom. The van der Waals surface area contributed by atoms with Crippen LogP contribution >= 0.6 is 15.9 Å². The van der Waals surface area contributed by atoms with Crippen LogP contribution in [0.4, 0.5) is 11.4 Å². The molecule has 0 aromatic heterocycles. The number of nitrogens with zero attached hydrogens (tertiary/aromatic N) is 2. The molecule has 1 N–H and O–H groups in total. The summed E-state index contributed by atoms with van der Waals surface area (Å²) in [5.41, 5.74) is 1.72. The molecule has 0 aliphatic carbocycles. The number of anilines is 1. The average Bonchev–Trinajstić information content (AvgIpc) is 2.41. The summed E-state index contributed by atoms with van der Waals surface area (Å²) in [5.74, 6) is 0. The van der Waals surface area contributed by atoms with E-state index in [1.54, 1.807) is 13.0 Å². The second-order valence-corrected chi connectivity index (χ2v) is 5.54. The van der Waals surface area contributed by atoms with Gasteiger partial charge in [-0.2, -0.15) is 0 Å². The van der Waals surface area contributed by atoms with Crippen molar-refractivity contribution in [3.63, 3.8) is 0 Å². The van der Waals surface area contributed by atoms with E-state index >= 15 is 0 Å². The molecule has 0 bridgehead atoms. The minimum absolute atomic E-state index is 0.144. The second-order valence-electron chi connectivity index (χ2n) is 4.68. The lowest BCUT2D eigenvalue weighted by atomic mass is 10.2. The predicted octanol–water partition coefficient (Wildman–Crippen LogP) is 3.81. The lowest BCUT2D eigenvalue weighted by Gasteiger charge is -2.18. The normalized spacial score (nSPS) is 10.8. The fourth-order valence-electron chi connectivity index (χ4n) is 2.07. The number of hydrogen-bond donors (Lipinski definition) is 1. The van der Waals surface area contributed by atoms with Crippen molar-refractivity contribution in [3.8, 4) is 0 Å². The van der Waals surface area contributed by atoms with Crippen molar-refractivity contribution in [1.29, 1.82) is 0 Å². The molecular formula is C14H22BrN3O2. The zero-order valence-electron chi connectivity index (χ0n) is 12.3. The molecule has 0 atom stereocenters. The number of halogens is 1. The molecule has 0 saturated heterocycles. The van der Waals surface area contributed by atoms with Crippen LogP contribution in [0.5, 0.6) is 0 Å². The SMILES string of the molecule is CCN(CC)CCCNc1cc(C)c([N+](=O)[O-])cc1Br. The van der Waals surface area contributed by atoms with Gasteiger partial charge >= 0.3 is 0 Å². The van der Waals surface area contributed by atoms with Crippen molar-refractivity contribution in [2.24, 2.45) is 0 Å². The van der Waals surface area contributed by atoms with E-state index in [4.69, 9.17) is 0 Å². The van der Waals surface area contributed by atoms with Crippen molar-refractivity contribution in [1.82, 2.24) is 4.90 Å². The van der Waals surface area contributed by atoms with Crippen molar-refractivity contribution in [2.45, 2.75) is 27.2 Å². The molecule has 0 amide bonds. The van der Waals surface area contributed by atoms with E-state index in [2.05, 4.69) is 40.0 Å². The maximum atomic E-state index is 10.8. The third-order valence-electron chi connectivity index (χ3n) is 3.34. The first-order chi connectivity index (χ1) is 9.49. The molecule has 0 unspecified atom stereocenters. The highest BCUT2D eigenvalue weighted by atomic mass is 79.9. The highest BCUT2D eigenvalue weighted by Gasteiger charge is 2.13. The molecule has 0 radical (unpaired) electrons. The molecule has 112 valence electrons. The van der Waals surface area contributed by atoms with Gasteiger partial charge in [-0.25, -0.2) is 0 Å². The summed E-state index contributed by atoms with van der Waals surface area (Å²) in [6.45, 7) is 10.1. The maximum Gasteiger partial charge on any atom is 0.273 e. The molecule has 20 heavy (non-hydrogen) atoms. The monoisotopic (exact) mass is 343 g/mol. The van der Waals surface area contributed by atoms with E-state index in [9.17, 15) is 10.1 Å². The fraction of sp³-hybridized carbons (Fsp3) is 0.571. The minimum atomic E-state index is -0.357. The van der Waals surface area contributed by atoms with E-state index in [1.165, 1.54) is 0 Å². The Kier molecular flexibility index (Phi) is 6.95. The van der Waals surface area contributed by atoms with Gasteiger partial charge in [-0.1, -0.05) is 13.8 Å². The summed E-state index contributed by atoms with van der Waals surface area (Å²) in [5, 5.41) is 14.2. The quantitative estimate of drug-likeness (QED) is 0.443. The molecule has 6 heteroatoms. The topological polar surface area (TPSA) is 58.4 Å². The predicted molar refractivity (Wildman–Crippen MR) is 86.4 cm³/mol. The Hall–Kier alpha value is -1.14. The van der Waals surface area contributed by atoms with E-state index in [0.717, 1.165) is 42.8 Å². The lowest BCUT2D eigenvalue weighted by molar-refractivity contribution is -0.385. The van der Waals surface area contributed by atoms with Crippen LogP contribution in [0.3, 0.4) is 0 Å². The van der Waals surface area contributed by atoms with Gasteiger partial charge in [0.2, 0.25) is 0 Å². The Bertz CT molecular complexity index is 462. The summed E-state index contributed by atoms with van der Waals surface area (Å²) in [7, 11) is 0. The Morgan fingerprint density at radius 3 is 2.55 bits per heavy atom. The van der Waals surface area contributed by atoms with Crippen molar-refractivity contribution in [2.75, 3.05) is 31.5 Å². The van der Waals surface area contributed by atoms with Crippen LogP contribution in [0.1, 0.15) is 25.8 Å². The van der Waals surface area contributed by atoms with Crippen LogP contribution in [0.2, 0.25) is 0 Å². The molecule has 0 spiro atoms. The zero-order chi connectivity index (χ0) is 15.1. The third-order valence-corrected chi connectivity index (χ3v) is 4.00. The molecule has 0 fully saturated rings. The van der Waals surface area contributed by atoms with Gasteiger partial charge in [0.25, 0.3) is 5.69 Å².